The molecular weight excluding hydrogens is 353 g/mol. The Morgan fingerprint density at radius 1 is 1.07 bits per heavy atom. The first kappa shape index (κ1) is 18.0. The molecule has 5 atom stereocenters. The van der Waals surface area contributed by atoms with E-state index < -0.39 is 36.5 Å². The lowest BCUT2D eigenvalue weighted by atomic mass is 9.99. The van der Waals surface area contributed by atoms with Crippen molar-refractivity contribution in [1.82, 2.24) is 14.5 Å². The third-order valence-corrected chi connectivity index (χ3v) is 4.95. The maximum Gasteiger partial charge on any atom is 0.164 e. The van der Waals surface area contributed by atoms with E-state index in [1.54, 1.807) is 17.7 Å². The number of hydrogen-bond acceptors (Lipinski definition) is 6. The number of fused-ring (bicyclic) bond motifs is 1. The van der Waals surface area contributed by atoms with Crippen molar-refractivity contribution in [2.45, 2.75) is 44.5 Å². The molecule has 8 heteroatoms. The lowest BCUT2D eigenvalue weighted by molar-refractivity contribution is -0.0848. The van der Waals surface area contributed by atoms with E-state index in [2.05, 4.69) is 9.97 Å². The van der Waals surface area contributed by atoms with Crippen molar-refractivity contribution in [1.29, 1.82) is 0 Å². The van der Waals surface area contributed by atoms with Crippen molar-refractivity contribution in [3.8, 4) is 0 Å². The summed E-state index contributed by atoms with van der Waals surface area (Å²) in [6.45, 7) is 3.63. The minimum absolute atomic E-state index is 0.389. The Kier molecular flexibility index (Phi) is 4.43. The van der Waals surface area contributed by atoms with Gasteiger partial charge in [-0.25, -0.2) is 14.4 Å². The molecule has 0 spiro atoms. The van der Waals surface area contributed by atoms with E-state index in [0.29, 0.717) is 17.0 Å². The predicted molar refractivity (Wildman–Crippen MR) is 94.3 cm³/mol. The second-order valence-electron chi connectivity index (χ2n) is 6.79. The van der Waals surface area contributed by atoms with Gasteiger partial charge < -0.3 is 24.6 Å². The molecule has 4 rings (SSSR count). The summed E-state index contributed by atoms with van der Waals surface area (Å²) in [6, 6.07) is 7.09. The van der Waals surface area contributed by atoms with E-state index in [0.717, 1.165) is 11.1 Å². The van der Waals surface area contributed by atoms with Crippen LogP contribution in [0.5, 0.6) is 0 Å². The van der Waals surface area contributed by atoms with Gasteiger partial charge in [0.15, 0.2) is 6.23 Å². The molecule has 142 valence electrons. The molecule has 1 aromatic carbocycles. The minimum Gasteiger partial charge on any atom is -0.387 e. The number of rotatable bonds is 3. The molecule has 3 N–H and O–H groups in total. The zero-order chi connectivity index (χ0) is 19.3. The molecule has 1 fully saturated rings. The lowest BCUT2D eigenvalue weighted by Crippen LogP contribution is -2.34. The third-order valence-electron chi connectivity index (χ3n) is 4.95. The van der Waals surface area contributed by atoms with Crippen molar-refractivity contribution in [2.75, 3.05) is 0 Å². The normalized spacial score (nSPS) is 26.6. The van der Waals surface area contributed by atoms with E-state index in [1.807, 2.05) is 13.0 Å². The largest absolute Gasteiger partial charge is 0.387 e. The van der Waals surface area contributed by atoms with E-state index in [1.165, 1.54) is 24.3 Å². The Bertz CT molecular complexity index is 975. The summed E-state index contributed by atoms with van der Waals surface area (Å²) in [7, 11) is 0. The van der Waals surface area contributed by atoms with Gasteiger partial charge in [-0.2, -0.15) is 0 Å². The summed E-state index contributed by atoms with van der Waals surface area (Å²) >= 11 is 0. The van der Waals surface area contributed by atoms with Crippen LogP contribution in [0.25, 0.3) is 11.0 Å². The number of aryl methyl sites for hydroxylation is 2. The van der Waals surface area contributed by atoms with Crippen LogP contribution in [0, 0.1) is 19.7 Å². The second kappa shape index (κ2) is 6.65. The van der Waals surface area contributed by atoms with Crippen LogP contribution < -0.4 is 0 Å². The highest BCUT2D eigenvalue weighted by Gasteiger charge is 2.47. The molecule has 2 aromatic heterocycles. The van der Waals surface area contributed by atoms with Gasteiger partial charge >= 0.3 is 0 Å². The summed E-state index contributed by atoms with van der Waals surface area (Å²) in [4.78, 5) is 8.73. The first-order chi connectivity index (χ1) is 12.9. The molecular formula is C19H20FN3O4. The third kappa shape index (κ3) is 3.00. The number of nitrogens with zero attached hydrogens (tertiary/aromatic N) is 3. The van der Waals surface area contributed by atoms with Gasteiger partial charge in [0.25, 0.3) is 0 Å². The van der Waals surface area contributed by atoms with E-state index in [4.69, 9.17) is 4.74 Å². The molecule has 0 amide bonds. The first-order valence-electron chi connectivity index (χ1n) is 8.63. The summed E-state index contributed by atoms with van der Waals surface area (Å²) in [6.07, 6.45) is -4.10. The average Bonchev–Trinajstić information content (AvgIpc) is 3.17. The first-order valence-corrected chi connectivity index (χ1v) is 8.63. The van der Waals surface area contributed by atoms with Crippen LogP contribution in [0.15, 0.2) is 36.5 Å². The van der Waals surface area contributed by atoms with E-state index in [-0.39, 0.29) is 0 Å². The molecule has 1 aliphatic heterocycles. The maximum atomic E-state index is 13.1. The fraction of sp³-hybridized carbons (Fsp3) is 0.368. The van der Waals surface area contributed by atoms with Crippen LogP contribution in [-0.4, -0.2) is 48.2 Å². The Morgan fingerprint density at radius 3 is 2.48 bits per heavy atom. The van der Waals surface area contributed by atoms with Gasteiger partial charge in [-0.05, 0) is 37.6 Å². The molecule has 7 nitrogen and oxygen atoms in total. The fourth-order valence-electron chi connectivity index (χ4n) is 3.55. The van der Waals surface area contributed by atoms with Crippen molar-refractivity contribution < 1.29 is 24.4 Å². The van der Waals surface area contributed by atoms with Crippen molar-refractivity contribution in [3.05, 3.63) is 59.4 Å². The molecule has 5 unspecified atom stereocenters. The molecule has 1 saturated heterocycles. The highest BCUT2D eigenvalue weighted by Crippen LogP contribution is 2.37. The molecule has 3 heterocycles. The fourth-order valence-corrected chi connectivity index (χ4v) is 3.55. The molecule has 3 aromatic rings. The maximum absolute atomic E-state index is 13.1. The number of hydrogen-bond donors (Lipinski definition) is 3. The van der Waals surface area contributed by atoms with Crippen LogP contribution in [0.1, 0.15) is 29.4 Å². The highest BCUT2D eigenvalue weighted by molar-refractivity contribution is 5.78. The van der Waals surface area contributed by atoms with Crippen LogP contribution in [0.2, 0.25) is 0 Å². The highest BCUT2D eigenvalue weighted by atomic mass is 19.1. The van der Waals surface area contributed by atoms with Gasteiger partial charge in [0.05, 0.1) is 5.69 Å². The monoisotopic (exact) mass is 373 g/mol. The Balaban J connectivity index is 1.67. The van der Waals surface area contributed by atoms with Crippen molar-refractivity contribution in [2.24, 2.45) is 0 Å². The summed E-state index contributed by atoms with van der Waals surface area (Å²) in [5.74, 6) is 0.150. The lowest BCUT2D eigenvalue weighted by Gasteiger charge is -2.21. The standard InChI is InChI=1S/C19H20FN3O4/c1-9-13-7-8-23(18(13)22-10(2)21-9)19-16(26)15(25)17(27-19)14(24)11-3-5-12(20)6-4-11/h3-8,14-17,19,24-26H,1-2H3. The van der Waals surface area contributed by atoms with Crippen LogP contribution in [0.4, 0.5) is 4.39 Å². The Hall–Kier alpha value is -2.39. The Labute approximate surface area is 154 Å². The van der Waals surface area contributed by atoms with Crippen LogP contribution in [0.3, 0.4) is 0 Å². The molecule has 0 radical (unpaired) electrons. The molecule has 0 aliphatic carbocycles. The SMILES string of the molecule is Cc1nc(C)c2ccn(C3OC(C(O)c4ccc(F)cc4)C(O)C3O)c2n1. The second-order valence-corrected chi connectivity index (χ2v) is 6.79. The molecule has 1 aliphatic rings. The number of benzene rings is 1. The predicted octanol–water partition coefficient (Wildman–Crippen LogP) is 1.54. The zero-order valence-corrected chi connectivity index (χ0v) is 14.8. The topological polar surface area (TPSA) is 101 Å². The zero-order valence-electron chi connectivity index (χ0n) is 14.8. The van der Waals surface area contributed by atoms with Gasteiger partial charge in [0.1, 0.15) is 41.7 Å². The Morgan fingerprint density at radius 2 is 1.78 bits per heavy atom. The number of aliphatic hydroxyl groups is 3. The van der Waals surface area contributed by atoms with Gasteiger partial charge in [0.2, 0.25) is 0 Å². The number of aromatic nitrogens is 3. The average molecular weight is 373 g/mol. The molecule has 27 heavy (non-hydrogen) atoms. The van der Waals surface area contributed by atoms with Gasteiger partial charge in [-0.15, -0.1) is 0 Å². The van der Waals surface area contributed by atoms with E-state index in [9.17, 15) is 19.7 Å². The molecule has 0 saturated carbocycles. The van der Waals surface area contributed by atoms with Crippen molar-refractivity contribution in [3.63, 3.8) is 0 Å². The number of aliphatic hydroxyl groups excluding tert-OH is 3. The van der Waals surface area contributed by atoms with E-state index >= 15 is 0 Å². The number of halogens is 1. The smallest absolute Gasteiger partial charge is 0.164 e. The summed E-state index contributed by atoms with van der Waals surface area (Å²) in [5.41, 5.74) is 1.76. The van der Waals surface area contributed by atoms with Crippen molar-refractivity contribution >= 4 is 11.0 Å². The summed E-state index contributed by atoms with van der Waals surface area (Å²) < 4.78 is 20.6. The summed E-state index contributed by atoms with van der Waals surface area (Å²) in [5, 5.41) is 32.3. The molecule has 0 bridgehead atoms. The van der Waals surface area contributed by atoms with Gasteiger partial charge in [-0.3, -0.25) is 0 Å². The van der Waals surface area contributed by atoms with Crippen LogP contribution >= 0.6 is 0 Å². The number of ether oxygens (including phenoxy) is 1. The quantitative estimate of drug-likeness (QED) is 0.644. The van der Waals surface area contributed by atoms with Gasteiger partial charge in [-0.1, -0.05) is 12.1 Å². The van der Waals surface area contributed by atoms with Crippen LogP contribution in [-0.2, 0) is 4.74 Å². The van der Waals surface area contributed by atoms with Gasteiger partial charge in [0, 0.05) is 11.6 Å². The minimum atomic E-state index is -1.32.